The van der Waals surface area contributed by atoms with Crippen LogP contribution in [0.25, 0.3) is 0 Å². The monoisotopic (exact) mass is 263 g/mol. The molecule has 0 saturated heterocycles. The average molecular weight is 264 g/mol. The number of rotatable bonds is 6. The predicted octanol–water partition coefficient (Wildman–Crippen LogP) is 2.65. The number of alkyl halides is 1. The van der Waals surface area contributed by atoms with E-state index in [0.717, 1.165) is 6.07 Å². The minimum absolute atomic E-state index is 0.115. The van der Waals surface area contributed by atoms with Crippen molar-refractivity contribution >= 4 is 11.6 Å². The Bertz CT molecular complexity index is 362. The van der Waals surface area contributed by atoms with Crippen molar-refractivity contribution in [2.45, 2.75) is 11.9 Å². The van der Waals surface area contributed by atoms with E-state index in [2.05, 4.69) is 0 Å². The van der Waals surface area contributed by atoms with Crippen molar-refractivity contribution in [2.24, 2.45) is 0 Å². The molecular formula is C12H16ClF2NO. The molecule has 1 aromatic carbocycles. The fourth-order valence-corrected chi connectivity index (χ4v) is 1.95. The lowest BCUT2D eigenvalue weighted by molar-refractivity contribution is 0.181. The summed E-state index contributed by atoms with van der Waals surface area (Å²) < 4.78 is 30.6. The van der Waals surface area contributed by atoms with E-state index < -0.39 is 11.6 Å². The SMILES string of the molecule is COCC(Cl)CN(C)Cc1ccc(F)c(F)c1. The second-order valence-electron chi connectivity index (χ2n) is 4.00. The molecule has 0 heterocycles. The Morgan fingerprint density at radius 2 is 2.06 bits per heavy atom. The molecule has 0 N–H and O–H groups in total. The number of hydrogen-bond donors (Lipinski definition) is 0. The van der Waals surface area contributed by atoms with Crippen LogP contribution in [0, 0.1) is 11.6 Å². The molecule has 0 spiro atoms. The molecule has 0 aromatic heterocycles. The van der Waals surface area contributed by atoms with Gasteiger partial charge in [-0.25, -0.2) is 8.78 Å². The fraction of sp³-hybridized carbons (Fsp3) is 0.500. The first-order valence-corrected chi connectivity index (χ1v) is 5.72. The molecule has 1 aromatic rings. The lowest BCUT2D eigenvalue weighted by Gasteiger charge is -2.19. The van der Waals surface area contributed by atoms with Gasteiger partial charge in [-0.05, 0) is 24.7 Å². The summed E-state index contributed by atoms with van der Waals surface area (Å²) in [5.74, 6) is -1.65. The van der Waals surface area contributed by atoms with Crippen molar-refractivity contribution in [1.29, 1.82) is 0 Å². The molecule has 0 fully saturated rings. The van der Waals surface area contributed by atoms with E-state index in [4.69, 9.17) is 16.3 Å². The number of hydrogen-bond acceptors (Lipinski definition) is 2. The Hall–Kier alpha value is -0.710. The van der Waals surface area contributed by atoms with Crippen LogP contribution in [0.3, 0.4) is 0 Å². The van der Waals surface area contributed by atoms with E-state index >= 15 is 0 Å². The van der Waals surface area contributed by atoms with Crippen molar-refractivity contribution in [3.63, 3.8) is 0 Å². The molecule has 0 amide bonds. The normalized spacial score (nSPS) is 13.1. The maximum absolute atomic E-state index is 13.0. The molecular weight excluding hydrogens is 248 g/mol. The standard InChI is InChI=1S/C12H16ClF2NO/c1-16(7-10(13)8-17-2)6-9-3-4-11(14)12(15)5-9/h3-5,10H,6-8H2,1-2H3. The Kier molecular flexibility index (Phi) is 5.82. The largest absolute Gasteiger partial charge is 0.383 e. The summed E-state index contributed by atoms with van der Waals surface area (Å²) in [4.78, 5) is 1.93. The molecule has 0 radical (unpaired) electrons. The van der Waals surface area contributed by atoms with Crippen LogP contribution in [-0.4, -0.2) is 37.6 Å². The maximum atomic E-state index is 13.0. The van der Waals surface area contributed by atoms with Crippen molar-refractivity contribution in [2.75, 3.05) is 27.3 Å². The summed E-state index contributed by atoms with van der Waals surface area (Å²) in [5.41, 5.74) is 0.715. The molecule has 0 aliphatic heterocycles. The highest BCUT2D eigenvalue weighted by molar-refractivity contribution is 6.20. The van der Waals surface area contributed by atoms with Gasteiger partial charge in [0, 0.05) is 20.2 Å². The van der Waals surface area contributed by atoms with E-state index in [1.807, 2.05) is 11.9 Å². The van der Waals surface area contributed by atoms with Crippen molar-refractivity contribution in [3.8, 4) is 0 Å². The smallest absolute Gasteiger partial charge is 0.159 e. The highest BCUT2D eigenvalue weighted by atomic mass is 35.5. The van der Waals surface area contributed by atoms with Crippen LogP contribution in [-0.2, 0) is 11.3 Å². The quantitative estimate of drug-likeness (QED) is 0.732. The molecule has 0 saturated carbocycles. The number of benzene rings is 1. The van der Waals surface area contributed by atoms with Crippen molar-refractivity contribution in [1.82, 2.24) is 4.90 Å². The molecule has 96 valence electrons. The van der Waals surface area contributed by atoms with Gasteiger partial charge in [0.25, 0.3) is 0 Å². The highest BCUT2D eigenvalue weighted by Gasteiger charge is 2.10. The lowest BCUT2D eigenvalue weighted by Crippen LogP contribution is -2.28. The Balaban J connectivity index is 2.50. The van der Waals surface area contributed by atoms with E-state index in [0.29, 0.717) is 25.3 Å². The van der Waals surface area contributed by atoms with Crippen molar-refractivity contribution in [3.05, 3.63) is 35.4 Å². The third-order valence-electron chi connectivity index (χ3n) is 2.29. The minimum Gasteiger partial charge on any atom is -0.383 e. The fourth-order valence-electron chi connectivity index (χ4n) is 1.59. The molecule has 1 atom stereocenters. The van der Waals surface area contributed by atoms with Gasteiger partial charge in [0.1, 0.15) is 0 Å². The van der Waals surface area contributed by atoms with Gasteiger partial charge in [-0.15, -0.1) is 11.6 Å². The highest BCUT2D eigenvalue weighted by Crippen LogP contribution is 2.11. The molecule has 0 aliphatic rings. The van der Waals surface area contributed by atoms with Crippen LogP contribution in [0.1, 0.15) is 5.56 Å². The molecule has 17 heavy (non-hydrogen) atoms. The second-order valence-corrected chi connectivity index (χ2v) is 4.62. The molecule has 5 heteroatoms. The summed E-state index contributed by atoms with van der Waals surface area (Å²) in [6.07, 6.45) is 0. The zero-order chi connectivity index (χ0) is 12.8. The first kappa shape index (κ1) is 14.4. The first-order chi connectivity index (χ1) is 8.02. The summed E-state index contributed by atoms with van der Waals surface area (Å²) in [6.45, 7) is 1.60. The molecule has 2 nitrogen and oxygen atoms in total. The van der Waals surface area contributed by atoms with Gasteiger partial charge in [-0.1, -0.05) is 6.07 Å². The summed E-state index contributed by atoms with van der Waals surface area (Å²) >= 11 is 6.00. The topological polar surface area (TPSA) is 12.5 Å². The Labute approximate surface area is 105 Å². The number of halogens is 3. The Morgan fingerprint density at radius 3 is 2.65 bits per heavy atom. The van der Waals surface area contributed by atoms with Gasteiger partial charge in [0.05, 0.1) is 12.0 Å². The van der Waals surface area contributed by atoms with Gasteiger partial charge < -0.3 is 9.64 Å². The van der Waals surface area contributed by atoms with Crippen LogP contribution in [0.5, 0.6) is 0 Å². The van der Waals surface area contributed by atoms with E-state index in [1.165, 1.54) is 6.07 Å². The van der Waals surface area contributed by atoms with Crippen LogP contribution in [0.15, 0.2) is 18.2 Å². The van der Waals surface area contributed by atoms with Gasteiger partial charge in [0.15, 0.2) is 11.6 Å². The third-order valence-corrected chi connectivity index (χ3v) is 2.56. The first-order valence-electron chi connectivity index (χ1n) is 5.28. The van der Waals surface area contributed by atoms with Crippen LogP contribution in [0.4, 0.5) is 8.78 Å². The molecule has 1 unspecified atom stereocenters. The average Bonchev–Trinajstić information content (AvgIpc) is 2.23. The summed E-state index contributed by atoms with van der Waals surface area (Å²) in [6, 6.07) is 3.89. The van der Waals surface area contributed by atoms with E-state index in [1.54, 1.807) is 13.2 Å². The van der Waals surface area contributed by atoms with Crippen LogP contribution < -0.4 is 0 Å². The predicted molar refractivity (Wildman–Crippen MR) is 64.2 cm³/mol. The number of nitrogens with zero attached hydrogens (tertiary/aromatic N) is 1. The Morgan fingerprint density at radius 1 is 1.35 bits per heavy atom. The van der Waals surface area contributed by atoms with Gasteiger partial charge in [-0.3, -0.25) is 0 Å². The van der Waals surface area contributed by atoms with Gasteiger partial charge in [-0.2, -0.15) is 0 Å². The third kappa shape index (κ3) is 4.98. The van der Waals surface area contributed by atoms with Gasteiger partial charge >= 0.3 is 0 Å². The van der Waals surface area contributed by atoms with Crippen LogP contribution in [0.2, 0.25) is 0 Å². The number of ether oxygens (including phenoxy) is 1. The van der Waals surface area contributed by atoms with Gasteiger partial charge in [0.2, 0.25) is 0 Å². The number of methoxy groups -OCH3 is 1. The maximum Gasteiger partial charge on any atom is 0.159 e. The summed E-state index contributed by atoms with van der Waals surface area (Å²) in [7, 11) is 3.46. The molecule has 1 rings (SSSR count). The molecule has 0 aliphatic carbocycles. The van der Waals surface area contributed by atoms with Crippen LogP contribution >= 0.6 is 11.6 Å². The molecule has 0 bridgehead atoms. The zero-order valence-corrected chi connectivity index (χ0v) is 10.7. The lowest BCUT2D eigenvalue weighted by atomic mass is 10.2. The summed E-state index contributed by atoms with van der Waals surface area (Å²) in [5, 5.41) is -0.115. The minimum atomic E-state index is -0.828. The van der Waals surface area contributed by atoms with Crippen molar-refractivity contribution < 1.29 is 13.5 Å². The van der Waals surface area contributed by atoms with E-state index in [-0.39, 0.29) is 5.38 Å². The van der Waals surface area contributed by atoms with E-state index in [9.17, 15) is 8.78 Å². The second kappa shape index (κ2) is 6.89. The zero-order valence-electron chi connectivity index (χ0n) is 9.92.